The van der Waals surface area contributed by atoms with E-state index in [1.807, 2.05) is 6.92 Å². The number of nitrogens with one attached hydrogen (secondary N) is 1. The van der Waals surface area contributed by atoms with E-state index in [1.54, 1.807) is 18.2 Å². The number of aromatic nitrogens is 2. The van der Waals surface area contributed by atoms with E-state index in [9.17, 15) is 10.1 Å². The van der Waals surface area contributed by atoms with E-state index in [0.29, 0.717) is 30.3 Å². The van der Waals surface area contributed by atoms with Gasteiger partial charge >= 0.3 is 0 Å². The molecule has 1 saturated heterocycles. The number of nitrogens with zero attached hydrogens (tertiary/aromatic N) is 3. The van der Waals surface area contributed by atoms with E-state index in [2.05, 4.69) is 20.9 Å². The van der Waals surface area contributed by atoms with E-state index in [4.69, 9.17) is 24.7 Å². The number of nitriles is 1. The Balaban J connectivity index is 1.63. The number of morpholine rings is 1. The zero-order chi connectivity index (χ0) is 22.5. The van der Waals surface area contributed by atoms with Crippen LogP contribution in [0.4, 0.5) is 0 Å². The molecular formula is C22H25N5O5. The van der Waals surface area contributed by atoms with Crippen LogP contribution in [-0.2, 0) is 4.74 Å². The quantitative estimate of drug-likeness (QED) is 0.650. The number of hydrogen-bond donors (Lipinski definition) is 2. The molecule has 168 valence electrons. The first-order chi connectivity index (χ1) is 15.6. The van der Waals surface area contributed by atoms with Crippen LogP contribution >= 0.6 is 0 Å². The Morgan fingerprint density at radius 2 is 2.12 bits per heavy atom. The molecule has 0 amide bonds. The van der Waals surface area contributed by atoms with Crippen LogP contribution in [0.2, 0.25) is 0 Å². The second kappa shape index (κ2) is 9.72. The Bertz CT molecular complexity index is 1100. The van der Waals surface area contributed by atoms with Crippen molar-refractivity contribution >= 4 is 0 Å². The molecule has 0 saturated carbocycles. The van der Waals surface area contributed by atoms with Crippen molar-refractivity contribution in [1.29, 1.82) is 5.26 Å². The van der Waals surface area contributed by atoms with Crippen molar-refractivity contribution in [1.82, 2.24) is 14.9 Å². The molecule has 3 N–H and O–H groups in total. The molecule has 10 heteroatoms. The summed E-state index contributed by atoms with van der Waals surface area (Å²) >= 11 is 0. The molecule has 3 heterocycles. The minimum atomic E-state index is -0.734. The summed E-state index contributed by atoms with van der Waals surface area (Å²) in [5.41, 5.74) is 6.57. The minimum absolute atomic E-state index is 0.0769. The Hall–Kier alpha value is -3.55. The molecule has 2 aliphatic rings. The second-order valence-corrected chi connectivity index (χ2v) is 7.32. The van der Waals surface area contributed by atoms with Crippen molar-refractivity contribution in [2.24, 2.45) is 5.73 Å². The Kier molecular flexibility index (Phi) is 6.58. The second-order valence-electron chi connectivity index (χ2n) is 7.32. The molecular weight excluding hydrogens is 414 g/mol. The van der Waals surface area contributed by atoms with Gasteiger partial charge in [-0.1, -0.05) is 6.07 Å². The van der Waals surface area contributed by atoms with Crippen molar-refractivity contribution < 1.29 is 18.9 Å². The van der Waals surface area contributed by atoms with Gasteiger partial charge in [-0.3, -0.25) is 9.69 Å². The number of aromatic amines is 1. The molecule has 1 aromatic heterocycles. The molecule has 1 fully saturated rings. The SMILES string of the molecule is CCOc1cc(C2C(C#N)=C(N)Oc3nc[nH]c(=O)c32)ccc1OCCN1CCOCC1. The number of ether oxygens (including phenoxy) is 4. The first-order valence-corrected chi connectivity index (χ1v) is 10.5. The molecule has 2 aromatic rings. The highest BCUT2D eigenvalue weighted by molar-refractivity contribution is 5.55. The van der Waals surface area contributed by atoms with Gasteiger partial charge < -0.3 is 29.7 Å². The van der Waals surface area contributed by atoms with Gasteiger partial charge in [0.1, 0.15) is 18.2 Å². The minimum Gasteiger partial charge on any atom is -0.490 e. The molecule has 2 aliphatic heterocycles. The van der Waals surface area contributed by atoms with E-state index in [-0.39, 0.29) is 22.9 Å². The summed E-state index contributed by atoms with van der Waals surface area (Å²) in [7, 11) is 0. The summed E-state index contributed by atoms with van der Waals surface area (Å²) < 4.78 is 22.6. The van der Waals surface area contributed by atoms with Crippen LogP contribution in [0.3, 0.4) is 0 Å². The average molecular weight is 439 g/mol. The van der Waals surface area contributed by atoms with Crippen LogP contribution in [0.15, 0.2) is 40.8 Å². The summed E-state index contributed by atoms with van der Waals surface area (Å²) in [6.07, 6.45) is 1.24. The third-order valence-corrected chi connectivity index (χ3v) is 5.39. The number of nitrogens with two attached hydrogens (primary N) is 1. The molecule has 32 heavy (non-hydrogen) atoms. The lowest BCUT2D eigenvalue weighted by Crippen LogP contribution is -2.38. The van der Waals surface area contributed by atoms with E-state index >= 15 is 0 Å². The highest BCUT2D eigenvalue weighted by Crippen LogP contribution is 2.41. The fourth-order valence-corrected chi connectivity index (χ4v) is 3.83. The molecule has 1 aromatic carbocycles. The number of rotatable bonds is 7. The fourth-order valence-electron chi connectivity index (χ4n) is 3.83. The lowest BCUT2D eigenvalue weighted by atomic mass is 9.85. The summed E-state index contributed by atoms with van der Waals surface area (Å²) in [4.78, 5) is 21.5. The van der Waals surface area contributed by atoms with Crippen molar-refractivity contribution in [3.05, 3.63) is 57.5 Å². The lowest BCUT2D eigenvalue weighted by molar-refractivity contribution is 0.0321. The summed E-state index contributed by atoms with van der Waals surface area (Å²) in [5, 5.41) is 9.71. The van der Waals surface area contributed by atoms with Gasteiger partial charge in [0.2, 0.25) is 11.8 Å². The van der Waals surface area contributed by atoms with Gasteiger partial charge in [-0.25, -0.2) is 4.98 Å². The van der Waals surface area contributed by atoms with Crippen molar-refractivity contribution in [2.75, 3.05) is 46.1 Å². The molecule has 0 radical (unpaired) electrons. The van der Waals surface area contributed by atoms with Crippen LogP contribution in [0.25, 0.3) is 0 Å². The first kappa shape index (κ1) is 21.7. The van der Waals surface area contributed by atoms with Gasteiger partial charge in [-0.2, -0.15) is 5.26 Å². The van der Waals surface area contributed by atoms with Crippen molar-refractivity contribution in [3.63, 3.8) is 0 Å². The van der Waals surface area contributed by atoms with Crippen LogP contribution in [0, 0.1) is 11.3 Å². The smallest absolute Gasteiger partial charge is 0.258 e. The molecule has 10 nitrogen and oxygen atoms in total. The third kappa shape index (κ3) is 4.39. The number of benzene rings is 1. The average Bonchev–Trinajstić information content (AvgIpc) is 2.80. The standard InChI is InChI=1S/C22H25N5O5/c1-2-30-17-11-14(3-4-16(17)31-10-7-27-5-8-29-9-6-27)18-15(12-23)20(24)32-22-19(18)21(28)25-13-26-22/h3-4,11,13,18H,2,5-10,24H2,1H3,(H,25,26,28). The van der Waals surface area contributed by atoms with Gasteiger partial charge in [0.05, 0.1) is 37.6 Å². The molecule has 1 unspecified atom stereocenters. The maximum Gasteiger partial charge on any atom is 0.258 e. The van der Waals surface area contributed by atoms with E-state index < -0.39 is 11.5 Å². The predicted molar refractivity (Wildman–Crippen MR) is 115 cm³/mol. The maximum absolute atomic E-state index is 12.6. The van der Waals surface area contributed by atoms with E-state index in [0.717, 1.165) is 32.8 Å². The van der Waals surface area contributed by atoms with Gasteiger partial charge in [0.25, 0.3) is 5.56 Å². The van der Waals surface area contributed by atoms with Crippen LogP contribution in [0.5, 0.6) is 17.4 Å². The number of hydrogen-bond acceptors (Lipinski definition) is 9. The molecule has 1 atom stereocenters. The van der Waals surface area contributed by atoms with Gasteiger partial charge in [0, 0.05) is 19.6 Å². The Labute approximate surface area is 185 Å². The normalized spacial score (nSPS) is 18.4. The fraction of sp³-hybridized carbons (Fsp3) is 0.409. The van der Waals surface area contributed by atoms with Crippen LogP contribution < -0.4 is 25.5 Å². The highest BCUT2D eigenvalue weighted by Gasteiger charge is 2.34. The van der Waals surface area contributed by atoms with Crippen LogP contribution in [-0.4, -0.2) is 60.9 Å². The molecule has 0 spiro atoms. The summed E-state index contributed by atoms with van der Waals surface area (Å²) in [6, 6.07) is 7.41. The number of allylic oxidation sites excluding steroid dienone is 1. The largest absolute Gasteiger partial charge is 0.490 e. The van der Waals surface area contributed by atoms with E-state index in [1.165, 1.54) is 6.33 Å². The Morgan fingerprint density at radius 3 is 2.88 bits per heavy atom. The van der Waals surface area contributed by atoms with Crippen LogP contribution in [0.1, 0.15) is 24.0 Å². The highest BCUT2D eigenvalue weighted by atomic mass is 16.5. The monoisotopic (exact) mass is 439 g/mol. The zero-order valence-electron chi connectivity index (χ0n) is 17.8. The lowest BCUT2D eigenvalue weighted by Gasteiger charge is -2.27. The predicted octanol–water partition coefficient (Wildman–Crippen LogP) is 1.10. The zero-order valence-corrected chi connectivity index (χ0v) is 17.8. The maximum atomic E-state index is 12.6. The first-order valence-electron chi connectivity index (χ1n) is 10.5. The number of fused-ring (bicyclic) bond motifs is 1. The number of H-pyrrole nitrogens is 1. The van der Waals surface area contributed by atoms with Gasteiger partial charge in [-0.05, 0) is 24.6 Å². The summed E-state index contributed by atoms with van der Waals surface area (Å²) in [5.74, 6) is 0.386. The topological polar surface area (TPSA) is 136 Å². The van der Waals surface area contributed by atoms with Crippen molar-refractivity contribution in [2.45, 2.75) is 12.8 Å². The summed E-state index contributed by atoms with van der Waals surface area (Å²) in [6.45, 7) is 6.82. The van der Waals surface area contributed by atoms with Crippen molar-refractivity contribution in [3.8, 4) is 23.4 Å². The molecule has 0 aliphatic carbocycles. The molecule has 4 rings (SSSR count). The Morgan fingerprint density at radius 1 is 1.31 bits per heavy atom. The van der Waals surface area contributed by atoms with Gasteiger partial charge in [0.15, 0.2) is 11.5 Å². The molecule has 0 bridgehead atoms. The van der Waals surface area contributed by atoms with Gasteiger partial charge in [-0.15, -0.1) is 0 Å². The third-order valence-electron chi connectivity index (χ3n) is 5.39.